The number of likely N-dealkylation sites (N-methyl/N-ethyl adjacent to an activating group) is 1. The van der Waals surface area contributed by atoms with Crippen molar-refractivity contribution in [2.45, 2.75) is 57.7 Å². The molecule has 3 aliphatic rings. The minimum atomic E-state index is -1.08. The van der Waals surface area contributed by atoms with E-state index in [2.05, 4.69) is 10.4 Å². The molecule has 2 fully saturated rings. The zero-order valence-electron chi connectivity index (χ0n) is 20.9. The Morgan fingerprint density at radius 1 is 1.14 bits per heavy atom. The molecule has 0 unspecified atom stereocenters. The van der Waals surface area contributed by atoms with Crippen molar-refractivity contribution in [1.29, 1.82) is 0 Å². The van der Waals surface area contributed by atoms with Gasteiger partial charge in [-0.2, -0.15) is 5.10 Å². The Hall–Kier alpha value is -3.43. The lowest BCUT2D eigenvalue weighted by Crippen LogP contribution is -2.64. The molecule has 2 aromatic rings. The zero-order valence-corrected chi connectivity index (χ0v) is 20.9. The molecule has 3 amide bonds. The van der Waals surface area contributed by atoms with E-state index < -0.39 is 5.54 Å². The number of carbonyl (C=O) groups is 3. The Morgan fingerprint density at radius 3 is 2.50 bits per heavy atom. The summed E-state index contributed by atoms with van der Waals surface area (Å²) in [5.41, 5.74) is -0.0490. The topological polar surface area (TPSA) is 90.8 Å². The summed E-state index contributed by atoms with van der Waals surface area (Å²) in [7, 11) is 0. The Balaban J connectivity index is 1.31. The number of piperazine rings is 1. The van der Waals surface area contributed by atoms with E-state index in [1.54, 1.807) is 34.9 Å². The van der Waals surface area contributed by atoms with Crippen molar-refractivity contribution < 1.29 is 18.8 Å². The molecule has 1 saturated heterocycles. The van der Waals surface area contributed by atoms with Crippen LogP contribution in [0.3, 0.4) is 0 Å². The molecule has 2 aliphatic heterocycles. The second kappa shape index (κ2) is 9.55. The summed E-state index contributed by atoms with van der Waals surface area (Å²) in [5, 5.41) is 7.60. The van der Waals surface area contributed by atoms with Gasteiger partial charge in [0.1, 0.15) is 17.1 Å². The number of para-hydroxylation sites is 1. The van der Waals surface area contributed by atoms with Crippen LogP contribution in [0.2, 0.25) is 0 Å². The van der Waals surface area contributed by atoms with Gasteiger partial charge in [-0.1, -0.05) is 25.0 Å². The maximum absolute atomic E-state index is 14.2. The largest absolute Gasteiger partial charge is 0.366 e. The van der Waals surface area contributed by atoms with Crippen molar-refractivity contribution >= 4 is 23.4 Å². The minimum Gasteiger partial charge on any atom is -0.366 e. The summed E-state index contributed by atoms with van der Waals surface area (Å²) in [6, 6.07) is 8.29. The molecule has 1 N–H and O–H groups in total. The number of rotatable bonds is 5. The fourth-order valence-electron chi connectivity index (χ4n) is 5.67. The number of benzene rings is 1. The molecular formula is C26H33FN6O3. The van der Waals surface area contributed by atoms with Gasteiger partial charge in [-0.25, -0.2) is 4.39 Å². The summed E-state index contributed by atoms with van der Waals surface area (Å²) in [4.78, 5) is 45.1. The standard InChI is InChI=1S/C26H33FN6O3/c1-3-32-24(35)22-16-20(29-33(22)17-26(32,2)25(36)28-18-8-4-5-9-18)23(34)31-14-12-30(13-15-31)21-11-7-6-10-19(21)27/h6-7,10-11,16,18H,3-5,8-9,12-15,17H2,1-2H3,(H,28,36)/t26-/m0/s1. The Bertz CT molecular complexity index is 1170. The molecule has 0 spiro atoms. The van der Waals surface area contributed by atoms with Crippen molar-refractivity contribution in [3.05, 3.63) is 47.5 Å². The van der Waals surface area contributed by atoms with Crippen LogP contribution in [0.1, 0.15) is 60.5 Å². The number of nitrogens with zero attached hydrogens (tertiary/aromatic N) is 5. The third-order valence-electron chi connectivity index (χ3n) is 7.77. The molecule has 192 valence electrons. The lowest BCUT2D eigenvalue weighted by Gasteiger charge is -2.43. The van der Waals surface area contributed by atoms with Gasteiger partial charge in [0, 0.05) is 44.8 Å². The van der Waals surface area contributed by atoms with Gasteiger partial charge in [-0.05, 0) is 38.8 Å². The Kier molecular flexibility index (Phi) is 6.44. The van der Waals surface area contributed by atoms with Crippen LogP contribution >= 0.6 is 0 Å². The van der Waals surface area contributed by atoms with Crippen LogP contribution < -0.4 is 10.2 Å². The van der Waals surface area contributed by atoms with Crippen LogP contribution in [0.25, 0.3) is 0 Å². The highest BCUT2D eigenvalue weighted by atomic mass is 19.1. The Labute approximate surface area is 210 Å². The first-order chi connectivity index (χ1) is 17.3. The van der Waals surface area contributed by atoms with Gasteiger partial charge in [0.15, 0.2) is 5.69 Å². The highest BCUT2D eigenvalue weighted by Gasteiger charge is 2.48. The number of nitrogens with one attached hydrogen (secondary N) is 1. The van der Waals surface area contributed by atoms with Crippen LogP contribution in [-0.2, 0) is 11.3 Å². The van der Waals surface area contributed by atoms with E-state index in [4.69, 9.17) is 0 Å². The number of fused-ring (bicyclic) bond motifs is 1. The van der Waals surface area contributed by atoms with E-state index >= 15 is 0 Å². The van der Waals surface area contributed by atoms with Crippen molar-refractivity contribution in [3.8, 4) is 0 Å². The molecule has 1 saturated carbocycles. The maximum Gasteiger partial charge on any atom is 0.274 e. The highest BCUT2D eigenvalue weighted by Crippen LogP contribution is 2.29. The van der Waals surface area contributed by atoms with Crippen molar-refractivity contribution in [2.75, 3.05) is 37.6 Å². The van der Waals surface area contributed by atoms with Gasteiger partial charge in [-0.3, -0.25) is 19.1 Å². The maximum atomic E-state index is 14.2. The van der Waals surface area contributed by atoms with Gasteiger partial charge in [0.05, 0.1) is 12.2 Å². The van der Waals surface area contributed by atoms with Crippen molar-refractivity contribution in [1.82, 2.24) is 24.9 Å². The van der Waals surface area contributed by atoms with E-state index in [-0.39, 0.29) is 41.8 Å². The first-order valence-electron chi connectivity index (χ1n) is 12.8. The monoisotopic (exact) mass is 496 g/mol. The number of anilines is 1. The average molecular weight is 497 g/mol. The van der Waals surface area contributed by atoms with Crippen LogP contribution in [-0.4, -0.2) is 81.6 Å². The number of hydrogen-bond acceptors (Lipinski definition) is 5. The van der Waals surface area contributed by atoms with Crippen LogP contribution in [0.15, 0.2) is 30.3 Å². The van der Waals surface area contributed by atoms with E-state index in [0.717, 1.165) is 25.7 Å². The van der Waals surface area contributed by atoms with Crippen molar-refractivity contribution in [3.63, 3.8) is 0 Å². The summed E-state index contributed by atoms with van der Waals surface area (Å²) in [6.07, 6.45) is 4.11. The molecule has 10 heteroatoms. The van der Waals surface area contributed by atoms with Crippen LogP contribution in [0.4, 0.5) is 10.1 Å². The van der Waals surface area contributed by atoms with Gasteiger partial charge in [-0.15, -0.1) is 0 Å². The zero-order chi connectivity index (χ0) is 25.4. The van der Waals surface area contributed by atoms with Crippen molar-refractivity contribution in [2.24, 2.45) is 0 Å². The summed E-state index contributed by atoms with van der Waals surface area (Å²) in [5.74, 6) is -1.03. The molecule has 3 heterocycles. The number of carbonyl (C=O) groups excluding carboxylic acids is 3. The SMILES string of the molecule is CCN1C(=O)c2cc(C(=O)N3CCN(c4ccccc4F)CC3)nn2C[C@@]1(C)C(=O)NC1CCCC1. The number of halogens is 1. The first-order valence-corrected chi connectivity index (χ1v) is 12.8. The first kappa shape index (κ1) is 24.3. The number of aromatic nitrogens is 2. The second-order valence-corrected chi connectivity index (χ2v) is 10.1. The molecule has 5 rings (SSSR count). The van der Waals surface area contributed by atoms with E-state index in [0.29, 0.717) is 44.1 Å². The lowest BCUT2D eigenvalue weighted by atomic mass is 9.94. The van der Waals surface area contributed by atoms with Gasteiger partial charge >= 0.3 is 0 Å². The van der Waals surface area contributed by atoms with E-state index in [9.17, 15) is 18.8 Å². The fraction of sp³-hybridized carbons (Fsp3) is 0.538. The average Bonchev–Trinajstić information content (AvgIpc) is 3.54. The smallest absolute Gasteiger partial charge is 0.274 e. The molecule has 36 heavy (non-hydrogen) atoms. The van der Waals surface area contributed by atoms with Gasteiger partial charge < -0.3 is 20.0 Å². The number of amides is 3. The quantitative estimate of drug-likeness (QED) is 0.686. The van der Waals surface area contributed by atoms with Gasteiger partial charge in [0.25, 0.3) is 11.8 Å². The molecule has 9 nitrogen and oxygen atoms in total. The third-order valence-corrected chi connectivity index (χ3v) is 7.77. The predicted octanol–water partition coefficient (Wildman–Crippen LogP) is 2.28. The molecule has 0 bridgehead atoms. The molecular weight excluding hydrogens is 463 g/mol. The van der Waals surface area contributed by atoms with Crippen LogP contribution in [0.5, 0.6) is 0 Å². The third kappa shape index (κ3) is 4.22. The van der Waals surface area contributed by atoms with E-state index in [1.807, 2.05) is 11.8 Å². The lowest BCUT2D eigenvalue weighted by molar-refractivity contribution is -0.133. The minimum absolute atomic E-state index is 0.141. The molecule has 1 atom stereocenters. The molecule has 1 aromatic carbocycles. The summed E-state index contributed by atoms with van der Waals surface area (Å²) < 4.78 is 15.7. The predicted molar refractivity (Wildman–Crippen MR) is 132 cm³/mol. The van der Waals surface area contributed by atoms with Gasteiger partial charge in [0.2, 0.25) is 5.91 Å². The van der Waals surface area contributed by atoms with E-state index in [1.165, 1.54) is 16.8 Å². The number of hydrogen-bond donors (Lipinski definition) is 1. The fourth-order valence-corrected chi connectivity index (χ4v) is 5.67. The Morgan fingerprint density at radius 2 is 1.83 bits per heavy atom. The summed E-state index contributed by atoms with van der Waals surface area (Å²) >= 11 is 0. The highest BCUT2D eigenvalue weighted by molar-refractivity contribution is 6.02. The molecule has 1 aromatic heterocycles. The second-order valence-electron chi connectivity index (χ2n) is 10.1. The molecule has 1 aliphatic carbocycles. The normalized spacial score (nSPS) is 22.6. The molecule has 0 radical (unpaired) electrons. The van der Waals surface area contributed by atoms with Crippen LogP contribution in [0, 0.1) is 5.82 Å². The summed E-state index contributed by atoms with van der Waals surface area (Å²) in [6.45, 7) is 6.04.